The van der Waals surface area contributed by atoms with Gasteiger partial charge in [-0.05, 0) is 18.2 Å². The van der Waals surface area contributed by atoms with Gasteiger partial charge in [0.05, 0.1) is 18.0 Å². The Morgan fingerprint density at radius 2 is 2.00 bits per heavy atom. The third-order valence-electron chi connectivity index (χ3n) is 1.94. The molecule has 2 aromatic rings. The molecule has 3 nitrogen and oxygen atoms in total. The molecule has 4 heteroatoms. The minimum Gasteiger partial charge on any atom is -0.390 e. The topological polar surface area (TPSA) is 48.9 Å². The van der Waals surface area contributed by atoms with Gasteiger partial charge in [-0.1, -0.05) is 28.1 Å². The summed E-state index contributed by atoms with van der Waals surface area (Å²) in [5.74, 6) is 0. The lowest BCUT2D eigenvalue weighted by Crippen LogP contribution is -1.79. The Hall–Kier alpha value is -1.13. The number of aromatic amines is 1. The van der Waals surface area contributed by atoms with Gasteiger partial charge in [0.2, 0.25) is 0 Å². The average molecular weight is 253 g/mol. The molecule has 1 heterocycles. The first-order valence-electron chi connectivity index (χ1n) is 4.20. The molecule has 0 saturated carbocycles. The third-order valence-corrected chi connectivity index (χ3v) is 2.47. The van der Waals surface area contributed by atoms with Gasteiger partial charge < -0.3 is 5.11 Å². The van der Waals surface area contributed by atoms with E-state index in [1.165, 1.54) is 0 Å². The number of hydrogen-bond acceptors (Lipinski definition) is 2. The minimum atomic E-state index is -0.0104. The molecule has 0 radical (unpaired) electrons. The number of rotatable bonds is 2. The minimum absolute atomic E-state index is 0.0104. The first-order chi connectivity index (χ1) is 6.79. The van der Waals surface area contributed by atoms with E-state index in [9.17, 15) is 0 Å². The predicted molar refractivity (Wildman–Crippen MR) is 57.6 cm³/mol. The van der Waals surface area contributed by atoms with Crippen LogP contribution in [0.5, 0.6) is 0 Å². The van der Waals surface area contributed by atoms with Crippen LogP contribution in [-0.2, 0) is 6.61 Å². The van der Waals surface area contributed by atoms with E-state index in [4.69, 9.17) is 5.11 Å². The molecule has 14 heavy (non-hydrogen) atoms. The van der Waals surface area contributed by atoms with Crippen molar-refractivity contribution in [3.63, 3.8) is 0 Å². The monoisotopic (exact) mass is 252 g/mol. The van der Waals surface area contributed by atoms with Crippen LogP contribution in [0.3, 0.4) is 0 Å². The number of aromatic nitrogens is 2. The number of aliphatic hydroxyl groups excluding tert-OH is 1. The number of H-pyrrole nitrogens is 1. The molecule has 72 valence electrons. The fraction of sp³-hybridized carbons (Fsp3) is 0.100. The Balaban J connectivity index is 2.34. The van der Waals surface area contributed by atoms with Crippen LogP contribution in [0.4, 0.5) is 0 Å². The Bertz CT molecular complexity index is 422. The number of halogens is 1. The summed E-state index contributed by atoms with van der Waals surface area (Å²) in [6, 6.07) is 9.71. The van der Waals surface area contributed by atoms with Crippen LogP contribution in [0, 0.1) is 0 Å². The van der Waals surface area contributed by atoms with Crippen LogP contribution >= 0.6 is 15.9 Å². The summed E-state index contributed by atoms with van der Waals surface area (Å²) in [5.41, 5.74) is 2.61. The Labute approximate surface area is 89.9 Å². The van der Waals surface area contributed by atoms with Crippen LogP contribution < -0.4 is 0 Å². The molecule has 0 aliphatic heterocycles. The smallest absolute Gasteiger partial charge is 0.0924 e. The molecule has 0 spiro atoms. The Morgan fingerprint density at radius 1 is 1.29 bits per heavy atom. The number of nitrogens with zero attached hydrogens (tertiary/aromatic N) is 1. The number of aliphatic hydroxyl groups is 1. The SMILES string of the molecule is OCc1cc(-c2ccc(Br)cc2)n[nH]1. The van der Waals surface area contributed by atoms with E-state index in [-0.39, 0.29) is 6.61 Å². The first-order valence-corrected chi connectivity index (χ1v) is 5.00. The standard InChI is InChI=1S/C10H9BrN2O/c11-8-3-1-7(2-4-8)10-5-9(6-14)12-13-10/h1-5,14H,6H2,(H,12,13). The van der Waals surface area contributed by atoms with Crippen LogP contribution in [0.25, 0.3) is 11.3 Å². The molecule has 0 atom stereocenters. The second kappa shape index (κ2) is 3.94. The van der Waals surface area contributed by atoms with Crippen molar-refractivity contribution in [3.05, 3.63) is 40.5 Å². The van der Waals surface area contributed by atoms with E-state index in [2.05, 4.69) is 26.1 Å². The second-order valence-electron chi connectivity index (χ2n) is 2.94. The number of hydrogen-bond donors (Lipinski definition) is 2. The van der Waals surface area contributed by atoms with Gasteiger partial charge in [0.1, 0.15) is 0 Å². The summed E-state index contributed by atoms with van der Waals surface area (Å²) >= 11 is 3.37. The van der Waals surface area contributed by atoms with Crippen molar-refractivity contribution >= 4 is 15.9 Å². The van der Waals surface area contributed by atoms with Crippen LogP contribution in [-0.4, -0.2) is 15.3 Å². The van der Waals surface area contributed by atoms with Crippen molar-refractivity contribution in [2.24, 2.45) is 0 Å². The van der Waals surface area contributed by atoms with Crippen molar-refractivity contribution in [1.82, 2.24) is 10.2 Å². The van der Waals surface area contributed by atoms with Gasteiger partial charge >= 0.3 is 0 Å². The van der Waals surface area contributed by atoms with Crippen molar-refractivity contribution in [1.29, 1.82) is 0 Å². The van der Waals surface area contributed by atoms with Crippen molar-refractivity contribution in [2.75, 3.05) is 0 Å². The predicted octanol–water partition coefficient (Wildman–Crippen LogP) is 2.33. The Morgan fingerprint density at radius 3 is 2.57 bits per heavy atom. The maximum Gasteiger partial charge on any atom is 0.0924 e. The van der Waals surface area contributed by atoms with Gasteiger partial charge in [0.25, 0.3) is 0 Å². The van der Waals surface area contributed by atoms with Crippen LogP contribution in [0.1, 0.15) is 5.69 Å². The molecule has 0 aliphatic carbocycles. The van der Waals surface area contributed by atoms with Crippen LogP contribution in [0.2, 0.25) is 0 Å². The van der Waals surface area contributed by atoms with Gasteiger partial charge in [0.15, 0.2) is 0 Å². The number of benzene rings is 1. The van der Waals surface area contributed by atoms with E-state index >= 15 is 0 Å². The zero-order valence-corrected chi connectivity index (χ0v) is 8.95. The van der Waals surface area contributed by atoms with E-state index < -0.39 is 0 Å². The van der Waals surface area contributed by atoms with Gasteiger partial charge in [-0.2, -0.15) is 5.10 Å². The van der Waals surface area contributed by atoms with Gasteiger partial charge in [-0.25, -0.2) is 0 Å². The van der Waals surface area contributed by atoms with Crippen molar-refractivity contribution in [2.45, 2.75) is 6.61 Å². The maximum atomic E-state index is 8.86. The summed E-state index contributed by atoms with van der Waals surface area (Å²) in [4.78, 5) is 0. The lowest BCUT2D eigenvalue weighted by Gasteiger charge is -1.95. The largest absolute Gasteiger partial charge is 0.390 e. The summed E-state index contributed by atoms with van der Waals surface area (Å²) in [5, 5.41) is 15.7. The zero-order valence-electron chi connectivity index (χ0n) is 7.37. The van der Waals surface area contributed by atoms with Crippen LogP contribution in [0.15, 0.2) is 34.8 Å². The lowest BCUT2D eigenvalue weighted by atomic mass is 10.1. The summed E-state index contributed by atoms with van der Waals surface area (Å²) in [6.07, 6.45) is 0. The maximum absolute atomic E-state index is 8.86. The molecule has 0 saturated heterocycles. The molecule has 1 aromatic carbocycles. The highest BCUT2D eigenvalue weighted by molar-refractivity contribution is 9.10. The number of nitrogens with one attached hydrogen (secondary N) is 1. The van der Waals surface area contributed by atoms with E-state index in [0.717, 1.165) is 21.4 Å². The lowest BCUT2D eigenvalue weighted by molar-refractivity contribution is 0.276. The summed E-state index contributed by atoms with van der Waals surface area (Å²) in [7, 11) is 0. The molecule has 0 unspecified atom stereocenters. The molecular formula is C10H9BrN2O. The molecular weight excluding hydrogens is 244 g/mol. The highest BCUT2D eigenvalue weighted by Gasteiger charge is 2.02. The van der Waals surface area contributed by atoms with Crippen molar-refractivity contribution in [3.8, 4) is 11.3 Å². The molecule has 2 rings (SSSR count). The normalized spacial score (nSPS) is 10.4. The highest BCUT2D eigenvalue weighted by Crippen LogP contribution is 2.20. The van der Waals surface area contributed by atoms with Gasteiger partial charge in [-0.3, -0.25) is 5.10 Å². The zero-order chi connectivity index (χ0) is 9.97. The van der Waals surface area contributed by atoms with E-state index in [1.54, 1.807) is 0 Å². The highest BCUT2D eigenvalue weighted by atomic mass is 79.9. The summed E-state index contributed by atoms with van der Waals surface area (Å²) < 4.78 is 1.04. The second-order valence-corrected chi connectivity index (χ2v) is 3.86. The van der Waals surface area contributed by atoms with Crippen molar-refractivity contribution < 1.29 is 5.11 Å². The molecule has 0 fully saturated rings. The molecule has 0 aliphatic rings. The molecule has 0 amide bonds. The van der Waals surface area contributed by atoms with Gasteiger partial charge in [-0.15, -0.1) is 0 Å². The van der Waals surface area contributed by atoms with E-state index in [1.807, 2.05) is 30.3 Å². The van der Waals surface area contributed by atoms with E-state index in [0.29, 0.717) is 0 Å². The first kappa shape index (κ1) is 9.43. The fourth-order valence-corrected chi connectivity index (χ4v) is 1.48. The molecule has 2 N–H and O–H groups in total. The molecule has 1 aromatic heterocycles. The fourth-order valence-electron chi connectivity index (χ4n) is 1.21. The average Bonchev–Trinajstić information content (AvgIpc) is 2.67. The summed E-state index contributed by atoms with van der Waals surface area (Å²) in [6.45, 7) is -0.0104. The molecule has 0 bridgehead atoms. The Kier molecular flexibility index (Phi) is 2.65. The third kappa shape index (κ3) is 1.86. The quantitative estimate of drug-likeness (QED) is 0.862. The van der Waals surface area contributed by atoms with Gasteiger partial charge in [0, 0.05) is 10.0 Å².